The van der Waals surface area contributed by atoms with Gasteiger partial charge in [-0.1, -0.05) is 37.3 Å². The van der Waals surface area contributed by atoms with Gasteiger partial charge in [0, 0.05) is 11.4 Å². The number of hydrogen-bond donors (Lipinski definition) is 3. The molecule has 2 aromatic rings. The van der Waals surface area contributed by atoms with E-state index in [1.807, 2.05) is 24.3 Å². The van der Waals surface area contributed by atoms with E-state index in [-0.39, 0.29) is 6.04 Å². The maximum Gasteiger partial charge on any atom is 0.250 e. The van der Waals surface area contributed by atoms with Crippen molar-refractivity contribution in [1.82, 2.24) is 0 Å². The summed E-state index contributed by atoms with van der Waals surface area (Å²) in [5, 5.41) is 3.40. The molecule has 1 atom stereocenters. The summed E-state index contributed by atoms with van der Waals surface area (Å²) < 4.78 is 0. The molecule has 0 aliphatic heterocycles. The molecule has 5 N–H and O–H groups in total. The Balaban J connectivity index is 2.24. The molecule has 0 aliphatic carbocycles. The number of hydrogen-bond acceptors (Lipinski definition) is 3. The van der Waals surface area contributed by atoms with Crippen LogP contribution >= 0.6 is 0 Å². The SMILES string of the molecule is CCC(Nc1ccc(N)c(C(N)=O)c1)c1ccccc1. The van der Waals surface area contributed by atoms with E-state index in [1.54, 1.807) is 12.1 Å². The molecule has 2 rings (SSSR count). The van der Waals surface area contributed by atoms with Crippen molar-refractivity contribution in [3.8, 4) is 0 Å². The Hall–Kier alpha value is -2.49. The number of nitrogen functional groups attached to an aromatic ring is 1. The highest BCUT2D eigenvalue weighted by Crippen LogP contribution is 2.24. The molecular formula is C16H19N3O. The van der Waals surface area contributed by atoms with Gasteiger partial charge in [-0.3, -0.25) is 4.79 Å². The third-order valence-electron chi connectivity index (χ3n) is 3.27. The van der Waals surface area contributed by atoms with Gasteiger partial charge in [-0.05, 0) is 30.2 Å². The summed E-state index contributed by atoms with van der Waals surface area (Å²) in [6, 6.07) is 15.6. The molecule has 4 heteroatoms. The molecule has 0 spiro atoms. The molecule has 0 heterocycles. The van der Waals surface area contributed by atoms with Gasteiger partial charge in [0.05, 0.1) is 11.6 Å². The topological polar surface area (TPSA) is 81.1 Å². The lowest BCUT2D eigenvalue weighted by atomic mass is 10.0. The van der Waals surface area contributed by atoms with E-state index in [9.17, 15) is 4.79 Å². The van der Waals surface area contributed by atoms with Gasteiger partial charge in [0.25, 0.3) is 5.91 Å². The van der Waals surface area contributed by atoms with Crippen LogP contribution in [0, 0.1) is 0 Å². The van der Waals surface area contributed by atoms with Crippen LogP contribution in [-0.4, -0.2) is 5.91 Å². The van der Waals surface area contributed by atoms with Gasteiger partial charge in [-0.15, -0.1) is 0 Å². The molecule has 0 bridgehead atoms. The van der Waals surface area contributed by atoms with Crippen LogP contribution in [0.25, 0.3) is 0 Å². The second kappa shape index (κ2) is 6.10. The maximum atomic E-state index is 11.3. The van der Waals surface area contributed by atoms with E-state index in [0.717, 1.165) is 12.1 Å². The molecule has 0 radical (unpaired) electrons. The minimum atomic E-state index is -0.515. The standard InChI is InChI=1S/C16H19N3O/c1-2-15(11-6-4-3-5-7-11)19-12-8-9-14(17)13(10-12)16(18)20/h3-10,15,19H,2,17H2,1H3,(H2,18,20). The molecule has 20 heavy (non-hydrogen) atoms. The minimum Gasteiger partial charge on any atom is -0.398 e. The lowest BCUT2D eigenvalue weighted by molar-refractivity contribution is 0.100. The Bertz CT molecular complexity index is 596. The van der Waals surface area contributed by atoms with E-state index in [1.165, 1.54) is 5.56 Å². The highest BCUT2D eigenvalue weighted by molar-refractivity contribution is 5.98. The largest absolute Gasteiger partial charge is 0.398 e. The van der Waals surface area contributed by atoms with Crippen LogP contribution in [0.3, 0.4) is 0 Å². The number of nitrogens with two attached hydrogens (primary N) is 2. The van der Waals surface area contributed by atoms with Gasteiger partial charge in [-0.25, -0.2) is 0 Å². The van der Waals surface area contributed by atoms with E-state index >= 15 is 0 Å². The van der Waals surface area contributed by atoms with Crippen LogP contribution in [0.2, 0.25) is 0 Å². The van der Waals surface area contributed by atoms with Gasteiger partial charge < -0.3 is 16.8 Å². The molecule has 0 saturated heterocycles. The monoisotopic (exact) mass is 269 g/mol. The number of rotatable bonds is 5. The van der Waals surface area contributed by atoms with Crippen molar-refractivity contribution in [2.75, 3.05) is 11.1 Å². The van der Waals surface area contributed by atoms with Crippen molar-refractivity contribution in [3.63, 3.8) is 0 Å². The summed E-state index contributed by atoms with van der Waals surface area (Å²) in [5.41, 5.74) is 13.8. The van der Waals surface area contributed by atoms with Crippen LogP contribution < -0.4 is 16.8 Å². The third-order valence-corrected chi connectivity index (χ3v) is 3.27. The van der Waals surface area contributed by atoms with Crippen LogP contribution in [0.1, 0.15) is 35.3 Å². The number of amides is 1. The van der Waals surface area contributed by atoms with Gasteiger partial charge in [-0.2, -0.15) is 0 Å². The normalized spacial score (nSPS) is 11.8. The fraction of sp³-hybridized carbons (Fsp3) is 0.188. The van der Waals surface area contributed by atoms with E-state index in [4.69, 9.17) is 11.5 Å². The fourth-order valence-electron chi connectivity index (χ4n) is 2.17. The average molecular weight is 269 g/mol. The molecule has 104 valence electrons. The van der Waals surface area contributed by atoms with Gasteiger partial charge in [0.15, 0.2) is 0 Å². The number of anilines is 2. The Morgan fingerprint density at radius 2 is 1.90 bits per heavy atom. The van der Waals surface area contributed by atoms with E-state index < -0.39 is 5.91 Å². The number of primary amides is 1. The van der Waals surface area contributed by atoms with Crippen LogP contribution in [-0.2, 0) is 0 Å². The van der Waals surface area contributed by atoms with Gasteiger partial charge in [0.1, 0.15) is 0 Å². The summed E-state index contributed by atoms with van der Waals surface area (Å²) in [4.78, 5) is 11.3. The summed E-state index contributed by atoms with van der Waals surface area (Å²) in [7, 11) is 0. The molecule has 1 unspecified atom stereocenters. The summed E-state index contributed by atoms with van der Waals surface area (Å²) in [6.07, 6.45) is 0.931. The average Bonchev–Trinajstić information content (AvgIpc) is 2.47. The van der Waals surface area contributed by atoms with Gasteiger partial charge >= 0.3 is 0 Å². The van der Waals surface area contributed by atoms with E-state index in [0.29, 0.717) is 11.3 Å². The fourth-order valence-corrected chi connectivity index (χ4v) is 2.17. The molecule has 2 aromatic carbocycles. The lowest BCUT2D eigenvalue weighted by Crippen LogP contribution is -2.15. The molecular weight excluding hydrogens is 250 g/mol. The van der Waals surface area contributed by atoms with Crippen LogP contribution in [0.5, 0.6) is 0 Å². The second-order valence-corrected chi connectivity index (χ2v) is 4.68. The molecule has 0 fully saturated rings. The van der Waals surface area contributed by atoms with Crippen molar-refractivity contribution < 1.29 is 4.79 Å². The van der Waals surface area contributed by atoms with E-state index in [2.05, 4.69) is 24.4 Å². The summed E-state index contributed by atoms with van der Waals surface area (Å²) in [5.74, 6) is -0.515. The lowest BCUT2D eigenvalue weighted by Gasteiger charge is -2.19. The summed E-state index contributed by atoms with van der Waals surface area (Å²) >= 11 is 0. The molecule has 4 nitrogen and oxygen atoms in total. The first kappa shape index (κ1) is 13.9. The number of carbonyl (C=O) groups is 1. The quantitative estimate of drug-likeness (QED) is 0.730. The highest BCUT2D eigenvalue weighted by Gasteiger charge is 2.11. The Kier molecular flexibility index (Phi) is 4.25. The van der Waals surface area contributed by atoms with Crippen molar-refractivity contribution in [2.24, 2.45) is 5.73 Å². The first-order valence-corrected chi connectivity index (χ1v) is 6.62. The Labute approximate surface area is 118 Å². The smallest absolute Gasteiger partial charge is 0.250 e. The molecule has 0 aromatic heterocycles. The summed E-state index contributed by atoms with van der Waals surface area (Å²) in [6.45, 7) is 2.11. The van der Waals surface area contributed by atoms with Crippen molar-refractivity contribution in [3.05, 3.63) is 59.7 Å². The third kappa shape index (κ3) is 3.09. The van der Waals surface area contributed by atoms with Crippen molar-refractivity contribution in [2.45, 2.75) is 19.4 Å². The second-order valence-electron chi connectivity index (χ2n) is 4.68. The Morgan fingerprint density at radius 1 is 1.20 bits per heavy atom. The van der Waals surface area contributed by atoms with Crippen molar-refractivity contribution >= 4 is 17.3 Å². The molecule has 1 amide bonds. The number of nitrogens with one attached hydrogen (secondary N) is 1. The predicted octanol–water partition coefficient (Wildman–Crippen LogP) is 2.93. The molecule has 0 aliphatic rings. The number of carbonyl (C=O) groups excluding carboxylic acids is 1. The zero-order valence-corrected chi connectivity index (χ0v) is 11.5. The predicted molar refractivity (Wildman–Crippen MR) is 82.5 cm³/mol. The minimum absolute atomic E-state index is 0.181. The zero-order valence-electron chi connectivity index (χ0n) is 11.5. The Morgan fingerprint density at radius 3 is 2.50 bits per heavy atom. The first-order chi connectivity index (χ1) is 9.61. The van der Waals surface area contributed by atoms with Gasteiger partial charge in [0.2, 0.25) is 0 Å². The zero-order chi connectivity index (χ0) is 14.5. The van der Waals surface area contributed by atoms with Crippen molar-refractivity contribution in [1.29, 1.82) is 0 Å². The maximum absolute atomic E-state index is 11.3. The highest BCUT2D eigenvalue weighted by atomic mass is 16.1. The number of benzene rings is 2. The van der Waals surface area contributed by atoms with Crippen LogP contribution in [0.15, 0.2) is 48.5 Å². The first-order valence-electron chi connectivity index (χ1n) is 6.62. The molecule has 0 saturated carbocycles. The van der Waals surface area contributed by atoms with Crippen LogP contribution in [0.4, 0.5) is 11.4 Å².